The zero-order valence-corrected chi connectivity index (χ0v) is 15.6. The number of nitrogens with zero attached hydrogens (tertiary/aromatic N) is 1. The molecule has 0 aliphatic carbocycles. The van der Waals surface area contributed by atoms with Gasteiger partial charge in [-0.15, -0.1) is 0 Å². The lowest BCUT2D eigenvalue weighted by molar-refractivity contribution is -0.147. The molecule has 0 aliphatic rings. The predicted molar refractivity (Wildman–Crippen MR) is 102 cm³/mol. The Kier molecular flexibility index (Phi) is 7.65. The second-order valence-electron chi connectivity index (χ2n) is 5.76. The first-order chi connectivity index (χ1) is 13.0. The highest BCUT2D eigenvalue weighted by molar-refractivity contribution is 6.31. The molecule has 0 spiro atoms. The fourth-order valence-corrected chi connectivity index (χ4v) is 2.31. The third-order valence-electron chi connectivity index (χ3n) is 3.56. The number of rotatable bonds is 8. The molecule has 0 fully saturated rings. The quantitative estimate of drug-likeness (QED) is 0.549. The highest BCUT2D eigenvalue weighted by Crippen LogP contribution is 2.21. The minimum Gasteiger partial charge on any atom is -0.494 e. The van der Waals surface area contributed by atoms with Crippen LogP contribution in [0.2, 0.25) is 5.02 Å². The molecule has 0 aromatic heterocycles. The molecule has 140 valence electrons. The van der Waals surface area contributed by atoms with Gasteiger partial charge in [0.25, 0.3) is 5.91 Å². The first kappa shape index (κ1) is 20.3. The molecule has 0 bridgehead atoms. The summed E-state index contributed by atoms with van der Waals surface area (Å²) in [4.78, 5) is 23.5. The van der Waals surface area contributed by atoms with E-state index in [9.17, 15) is 9.59 Å². The van der Waals surface area contributed by atoms with E-state index >= 15 is 0 Å². The molecule has 2 aromatic carbocycles. The van der Waals surface area contributed by atoms with Crippen LogP contribution in [0.15, 0.2) is 42.5 Å². The van der Waals surface area contributed by atoms with E-state index in [0.717, 1.165) is 5.56 Å². The Morgan fingerprint density at radius 2 is 2.04 bits per heavy atom. The van der Waals surface area contributed by atoms with Crippen molar-refractivity contribution in [2.24, 2.45) is 0 Å². The lowest BCUT2D eigenvalue weighted by Gasteiger charge is -2.08. The Morgan fingerprint density at radius 3 is 2.78 bits per heavy atom. The fourth-order valence-electron chi connectivity index (χ4n) is 2.20. The van der Waals surface area contributed by atoms with Gasteiger partial charge in [0, 0.05) is 17.1 Å². The van der Waals surface area contributed by atoms with E-state index in [0.29, 0.717) is 35.1 Å². The maximum absolute atomic E-state index is 11.8. The van der Waals surface area contributed by atoms with Gasteiger partial charge in [-0.25, -0.2) is 0 Å². The summed E-state index contributed by atoms with van der Waals surface area (Å²) in [6.07, 6.45) is 0.607. The Hall–Kier alpha value is -3.04. The maximum Gasteiger partial charge on any atom is 0.306 e. The molecule has 1 N–H and O–H groups in total. The molecule has 0 aliphatic heterocycles. The minimum absolute atomic E-state index is 0.143. The van der Waals surface area contributed by atoms with Crippen molar-refractivity contribution in [2.45, 2.75) is 19.8 Å². The molecular formula is C20H19ClN2O4. The number of amides is 1. The lowest BCUT2D eigenvalue weighted by Crippen LogP contribution is -2.21. The summed E-state index contributed by atoms with van der Waals surface area (Å²) in [5.41, 5.74) is 1.82. The van der Waals surface area contributed by atoms with Crippen molar-refractivity contribution in [3.05, 3.63) is 58.6 Å². The summed E-state index contributed by atoms with van der Waals surface area (Å²) in [6, 6.07) is 13.8. The molecule has 6 nitrogen and oxygen atoms in total. The van der Waals surface area contributed by atoms with Gasteiger partial charge in [0.2, 0.25) is 0 Å². The van der Waals surface area contributed by atoms with Crippen LogP contribution in [0.25, 0.3) is 0 Å². The van der Waals surface area contributed by atoms with Gasteiger partial charge in [-0.3, -0.25) is 9.59 Å². The zero-order valence-electron chi connectivity index (χ0n) is 14.8. The molecule has 0 heterocycles. The maximum atomic E-state index is 11.8. The van der Waals surface area contributed by atoms with Crippen LogP contribution in [0.1, 0.15) is 24.0 Å². The molecule has 27 heavy (non-hydrogen) atoms. The van der Waals surface area contributed by atoms with Crippen molar-refractivity contribution < 1.29 is 19.1 Å². The van der Waals surface area contributed by atoms with Gasteiger partial charge in [-0.1, -0.05) is 17.7 Å². The Morgan fingerprint density at radius 1 is 1.22 bits per heavy atom. The van der Waals surface area contributed by atoms with E-state index in [1.165, 1.54) is 6.07 Å². The second kappa shape index (κ2) is 10.2. The van der Waals surface area contributed by atoms with E-state index in [4.69, 9.17) is 26.3 Å². The van der Waals surface area contributed by atoms with Gasteiger partial charge in [0.05, 0.1) is 18.2 Å². The Labute approximate surface area is 162 Å². The summed E-state index contributed by atoms with van der Waals surface area (Å²) in [7, 11) is 0. The first-order valence-electron chi connectivity index (χ1n) is 8.32. The number of hydrogen-bond acceptors (Lipinski definition) is 5. The van der Waals surface area contributed by atoms with Gasteiger partial charge in [0.1, 0.15) is 5.75 Å². The van der Waals surface area contributed by atoms with E-state index in [-0.39, 0.29) is 13.0 Å². The van der Waals surface area contributed by atoms with Crippen molar-refractivity contribution in [1.82, 2.24) is 0 Å². The van der Waals surface area contributed by atoms with Gasteiger partial charge < -0.3 is 14.8 Å². The third-order valence-corrected chi connectivity index (χ3v) is 3.99. The monoisotopic (exact) mass is 386 g/mol. The smallest absolute Gasteiger partial charge is 0.306 e. The molecule has 0 saturated heterocycles. The highest BCUT2D eigenvalue weighted by Gasteiger charge is 2.08. The number of aryl methyl sites for hydroxylation is 1. The number of hydrogen-bond donors (Lipinski definition) is 1. The van der Waals surface area contributed by atoms with E-state index in [2.05, 4.69) is 5.32 Å². The van der Waals surface area contributed by atoms with Crippen molar-refractivity contribution >= 4 is 29.2 Å². The fraction of sp³-hybridized carbons (Fsp3) is 0.250. The summed E-state index contributed by atoms with van der Waals surface area (Å²) in [5, 5.41) is 12.1. The van der Waals surface area contributed by atoms with Crippen LogP contribution in [0.5, 0.6) is 5.75 Å². The van der Waals surface area contributed by atoms with Crippen LogP contribution in [0.3, 0.4) is 0 Å². The largest absolute Gasteiger partial charge is 0.494 e. The van der Waals surface area contributed by atoms with Crippen molar-refractivity contribution in [1.29, 1.82) is 5.26 Å². The standard InChI is InChI=1S/C20H19ClN2O4/c1-14-10-17(7-8-18(14)21)26-9-3-6-20(25)27-13-19(24)23-16-5-2-4-15(11-16)12-22/h2,4-5,7-8,10-11H,3,6,9,13H2,1H3,(H,23,24). The molecule has 0 unspecified atom stereocenters. The Balaban J connectivity index is 1.64. The average Bonchev–Trinajstić information content (AvgIpc) is 2.66. The molecule has 1 amide bonds. The number of esters is 1. The number of benzene rings is 2. The minimum atomic E-state index is -0.480. The van der Waals surface area contributed by atoms with Crippen LogP contribution < -0.4 is 10.1 Å². The molecule has 7 heteroatoms. The van der Waals surface area contributed by atoms with Crippen LogP contribution in [-0.2, 0) is 14.3 Å². The predicted octanol–water partition coefficient (Wildman–Crippen LogP) is 3.86. The molecule has 0 saturated carbocycles. The second-order valence-corrected chi connectivity index (χ2v) is 6.17. The number of carbonyl (C=O) groups excluding carboxylic acids is 2. The number of halogens is 1. The van der Waals surface area contributed by atoms with Crippen LogP contribution >= 0.6 is 11.6 Å². The van der Waals surface area contributed by atoms with E-state index in [1.54, 1.807) is 30.3 Å². The number of ether oxygens (including phenoxy) is 2. The summed E-state index contributed by atoms with van der Waals surface area (Å²) in [6.45, 7) is 1.85. The number of anilines is 1. The normalized spacial score (nSPS) is 9.96. The van der Waals surface area contributed by atoms with Crippen LogP contribution in [0, 0.1) is 18.3 Å². The molecular weight excluding hydrogens is 368 g/mol. The number of nitriles is 1. The third kappa shape index (κ3) is 7.00. The van der Waals surface area contributed by atoms with Crippen molar-refractivity contribution in [2.75, 3.05) is 18.5 Å². The number of nitrogens with one attached hydrogen (secondary N) is 1. The SMILES string of the molecule is Cc1cc(OCCCC(=O)OCC(=O)Nc2cccc(C#N)c2)ccc1Cl. The average molecular weight is 387 g/mol. The van der Waals surface area contributed by atoms with E-state index in [1.807, 2.05) is 19.1 Å². The first-order valence-corrected chi connectivity index (χ1v) is 8.70. The lowest BCUT2D eigenvalue weighted by atomic mass is 10.2. The van der Waals surface area contributed by atoms with Gasteiger partial charge >= 0.3 is 5.97 Å². The van der Waals surface area contributed by atoms with Crippen molar-refractivity contribution in [3.63, 3.8) is 0 Å². The van der Waals surface area contributed by atoms with Gasteiger partial charge in [0.15, 0.2) is 6.61 Å². The molecule has 0 atom stereocenters. The topological polar surface area (TPSA) is 88.4 Å². The summed E-state index contributed by atoms with van der Waals surface area (Å²) >= 11 is 5.95. The summed E-state index contributed by atoms with van der Waals surface area (Å²) in [5.74, 6) is -0.262. The van der Waals surface area contributed by atoms with E-state index < -0.39 is 11.9 Å². The highest BCUT2D eigenvalue weighted by atomic mass is 35.5. The van der Waals surface area contributed by atoms with Crippen LogP contribution in [0.4, 0.5) is 5.69 Å². The molecule has 2 aromatic rings. The van der Waals surface area contributed by atoms with Gasteiger partial charge in [-0.05, 0) is 55.3 Å². The van der Waals surface area contributed by atoms with Gasteiger partial charge in [-0.2, -0.15) is 5.26 Å². The molecule has 2 rings (SSSR count). The number of carbonyl (C=O) groups is 2. The van der Waals surface area contributed by atoms with Crippen LogP contribution in [-0.4, -0.2) is 25.1 Å². The Bertz CT molecular complexity index is 861. The van der Waals surface area contributed by atoms with Crippen molar-refractivity contribution in [3.8, 4) is 11.8 Å². The zero-order chi connectivity index (χ0) is 19.6. The molecule has 0 radical (unpaired) electrons. The summed E-state index contributed by atoms with van der Waals surface area (Å²) < 4.78 is 10.5.